The predicted molar refractivity (Wildman–Crippen MR) is 219 cm³/mol. The van der Waals surface area contributed by atoms with Crippen LogP contribution in [0.2, 0.25) is 0 Å². The van der Waals surface area contributed by atoms with Gasteiger partial charge in [0, 0.05) is 0 Å². The smallest absolute Gasteiger partial charge is 0.249 e. The van der Waals surface area contributed by atoms with Gasteiger partial charge in [-0.15, -0.1) is 0 Å². The molecule has 320 valence electrons. The molecule has 0 saturated carbocycles. The molecule has 0 aromatic heterocycles. The van der Waals surface area contributed by atoms with Crippen molar-refractivity contribution in [2.24, 2.45) is 0 Å². The first-order valence-electron chi connectivity index (χ1n) is 21.5. The summed E-state index contributed by atoms with van der Waals surface area (Å²) in [5.41, 5.74) is 0. The minimum absolute atomic E-state index is 0.225. The molecule has 55 heavy (non-hydrogen) atoms. The number of hydrogen-bond acceptors (Lipinski definition) is 10. The third-order valence-corrected chi connectivity index (χ3v) is 10.1. The Morgan fingerprint density at radius 2 is 1.11 bits per heavy atom. The standard InChI is InChI=1S/C44H79NO10/c1-3-5-7-9-11-13-14-15-16-17-18-19-20-21-22-24-25-27-29-31-36(47)39(49)35(34-54-44-42(52)41(51)40(50)38(33-46)55-44)45-43(53)37(48)32-30-28-26-23-12-10-8-6-4-2/h10,12,15-16,19-20,24-25,35-42,44,46-52H,3-9,11,13-14,17-18,21-23,26-34H2,1-2H3,(H,45,53)/b12-10-,16-15+,20-19+,25-24+. The van der Waals surface area contributed by atoms with E-state index in [9.17, 15) is 40.5 Å². The second-order valence-corrected chi connectivity index (χ2v) is 15.0. The molecule has 9 unspecified atom stereocenters. The molecular weight excluding hydrogens is 702 g/mol. The maximum Gasteiger partial charge on any atom is 0.249 e. The van der Waals surface area contributed by atoms with E-state index in [1.54, 1.807) is 0 Å². The maximum atomic E-state index is 13.0. The van der Waals surface area contributed by atoms with Crippen LogP contribution in [0.1, 0.15) is 155 Å². The van der Waals surface area contributed by atoms with Gasteiger partial charge in [-0.1, -0.05) is 120 Å². The Hall–Kier alpha value is -1.93. The highest BCUT2D eigenvalue weighted by atomic mass is 16.7. The van der Waals surface area contributed by atoms with Gasteiger partial charge in [0.05, 0.1) is 25.4 Å². The molecule has 1 aliphatic heterocycles. The normalized spacial score (nSPS) is 23.0. The molecule has 1 saturated heterocycles. The van der Waals surface area contributed by atoms with Gasteiger partial charge in [0.2, 0.25) is 5.91 Å². The maximum absolute atomic E-state index is 13.0. The molecule has 0 aromatic carbocycles. The summed E-state index contributed by atoms with van der Waals surface area (Å²) >= 11 is 0. The number of ether oxygens (including phenoxy) is 2. The van der Waals surface area contributed by atoms with Gasteiger partial charge in [0.25, 0.3) is 0 Å². The SMILES string of the molecule is CCCC/C=C\CCCCCC(O)C(=O)NC(COC1OC(CO)C(O)C(O)C1O)C(O)C(O)CCC/C=C/CC/C=C/CC/C=C/CCCCCCCC. The summed E-state index contributed by atoms with van der Waals surface area (Å²) in [6.45, 7) is 3.31. The van der Waals surface area contributed by atoms with Gasteiger partial charge in [-0.05, 0) is 83.5 Å². The zero-order valence-corrected chi connectivity index (χ0v) is 34.1. The fraction of sp³-hybridized carbons (Fsp3) is 0.795. The molecule has 0 aromatic rings. The van der Waals surface area contributed by atoms with E-state index in [-0.39, 0.29) is 12.8 Å². The van der Waals surface area contributed by atoms with Crippen LogP contribution in [0.4, 0.5) is 0 Å². The van der Waals surface area contributed by atoms with E-state index < -0.39 is 74.2 Å². The van der Waals surface area contributed by atoms with Crippen molar-refractivity contribution in [3.63, 3.8) is 0 Å². The molecule has 0 bridgehead atoms. The molecular formula is C44H79NO10. The van der Waals surface area contributed by atoms with E-state index in [0.29, 0.717) is 19.3 Å². The minimum atomic E-state index is -1.67. The third-order valence-electron chi connectivity index (χ3n) is 10.1. The van der Waals surface area contributed by atoms with Crippen LogP contribution < -0.4 is 5.32 Å². The lowest BCUT2D eigenvalue weighted by molar-refractivity contribution is -0.303. The Bertz CT molecular complexity index is 1030. The molecule has 8 N–H and O–H groups in total. The lowest BCUT2D eigenvalue weighted by Gasteiger charge is -2.40. The number of unbranched alkanes of at least 4 members (excludes halogenated alkanes) is 14. The number of amides is 1. The van der Waals surface area contributed by atoms with Crippen molar-refractivity contribution in [3.05, 3.63) is 48.6 Å². The van der Waals surface area contributed by atoms with Crippen molar-refractivity contribution in [1.29, 1.82) is 0 Å². The average Bonchev–Trinajstić information content (AvgIpc) is 3.18. The number of carbonyl (C=O) groups is 1. The van der Waals surface area contributed by atoms with Gasteiger partial charge >= 0.3 is 0 Å². The van der Waals surface area contributed by atoms with E-state index in [1.165, 1.54) is 51.4 Å². The highest BCUT2D eigenvalue weighted by molar-refractivity contribution is 5.80. The van der Waals surface area contributed by atoms with Crippen LogP contribution in [0.3, 0.4) is 0 Å². The van der Waals surface area contributed by atoms with Gasteiger partial charge in [-0.25, -0.2) is 0 Å². The Morgan fingerprint density at radius 1 is 0.618 bits per heavy atom. The summed E-state index contributed by atoms with van der Waals surface area (Å²) in [7, 11) is 0. The van der Waals surface area contributed by atoms with Crippen LogP contribution in [-0.2, 0) is 14.3 Å². The fourth-order valence-corrected chi connectivity index (χ4v) is 6.39. The first-order valence-corrected chi connectivity index (χ1v) is 21.5. The van der Waals surface area contributed by atoms with Crippen molar-refractivity contribution in [2.45, 2.75) is 210 Å². The van der Waals surface area contributed by atoms with Crippen LogP contribution in [0.25, 0.3) is 0 Å². The van der Waals surface area contributed by atoms with Crippen LogP contribution >= 0.6 is 0 Å². The Labute approximate surface area is 332 Å². The van der Waals surface area contributed by atoms with E-state index in [4.69, 9.17) is 9.47 Å². The highest BCUT2D eigenvalue weighted by Crippen LogP contribution is 2.23. The highest BCUT2D eigenvalue weighted by Gasteiger charge is 2.44. The Morgan fingerprint density at radius 3 is 1.67 bits per heavy atom. The molecule has 1 heterocycles. The topological polar surface area (TPSA) is 189 Å². The molecule has 0 radical (unpaired) electrons. The lowest BCUT2D eigenvalue weighted by atomic mass is 9.98. The molecule has 0 spiro atoms. The zero-order valence-electron chi connectivity index (χ0n) is 34.1. The largest absolute Gasteiger partial charge is 0.394 e. The molecule has 0 aliphatic carbocycles. The Balaban J connectivity index is 2.52. The monoisotopic (exact) mass is 782 g/mol. The molecule has 11 nitrogen and oxygen atoms in total. The number of rotatable bonds is 34. The second kappa shape index (κ2) is 34.1. The van der Waals surface area contributed by atoms with Crippen molar-refractivity contribution in [1.82, 2.24) is 5.32 Å². The average molecular weight is 782 g/mol. The molecule has 1 aliphatic rings. The van der Waals surface area contributed by atoms with Crippen LogP contribution in [0.5, 0.6) is 0 Å². The minimum Gasteiger partial charge on any atom is -0.394 e. The molecule has 11 heteroatoms. The first-order chi connectivity index (χ1) is 26.7. The number of aliphatic hydroxyl groups is 7. The zero-order chi connectivity index (χ0) is 40.5. The molecule has 1 rings (SSSR count). The summed E-state index contributed by atoms with van der Waals surface area (Å²) in [5.74, 6) is -0.731. The molecule has 1 amide bonds. The predicted octanol–water partition coefficient (Wildman–Crippen LogP) is 6.22. The summed E-state index contributed by atoms with van der Waals surface area (Å²) < 4.78 is 11.0. The number of nitrogens with one attached hydrogen (secondary N) is 1. The van der Waals surface area contributed by atoms with Crippen molar-refractivity contribution in [2.75, 3.05) is 13.2 Å². The summed E-state index contributed by atoms with van der Waals surface area (Å²) in [5, 5.41) is 75.3. The van der Waals surface area contributed by atoms with Gasteiger partial charge in [0.1, 0.15) is 36.6 Å². The van der Waals surface area contributed by atoms with Gasteiger partial charge < -0.3 is 50.5 Å². The number of carbonyl (C=O) groups excluding carboxylic acids is 1. The first kappa shape index (κ1) is 51.1. The van der Waals surface area contributed by atoms with Crippen LogP contribution in [-0.4, -0.2) is 110 Å². The number of hydrogen-bond donors (Lipinski definition) is 8. The van der Waals surface area contributed by atoms with Gasteiger partial charge in [-0.3, -0.25) is 4.79 Å². The second-order valence-electron chi connectivity index (χ2n) is 15.0. The summed E-state index contributed by atoms with van der Waals surface area (Å²) in [6.07, 6.45) is 27.5. The van der Waals surface area contributed by atoms with E-state index >= 15 is 0 Å². The number of aliphatic hydroxyl groups excluding tert-OH is 7. The van der Waals surface area contributed by atoms with E-state index in [0.717, 1.165) is 57.8 Å². The van der Waals surface area contributed by atoms with Gasteiger partial charge in [-0.2, -0.15) is 0 Å². The van der Waals surface area contributed by atoms with Crippen molar-refractivity contribution < 1.29 is 50.0 Å². The van der Waals surface area contributed by atoms with Gasteiger partial charge in [0.15, 0.2) is 6.29 Å². The third kappa shape index (κ3) is 24.4. The lowest BCUT2D eigenvalue weighted by Crippen LogP contribution is -2.60. The van der Waals surface area contributed by atoms with Crippen molar-refractivity contribution in [3.8, 4) is 0 Å². The molecule has 1 fully saturated rings. The van der Waals surface area contributed by atoms with E-state index in [2.05, 4.69) is 67.8 Å². The van der Waals surface area contributed by atoms with Crippen molar-refractivity contribution >= 4 is 5.91 Å². The van der Waals surface area contributed by atoms with Crippen LogP contribution in [0, 0.1) is 0 Å². The fourth-order valence-electron chi connectivity index (χ4n) is 6.39. The summed E-state index contributed by atoms with van der Waals surface area (Å²) in [6, 6.07) is -1.20. The number of allylic oxidation sites excluding steroid dienone is 8. The summed E-state index contributed by atoms with van der Waals surface area (Å²) in [4.78, 5) is 13.0. The molecule has 9 atom stereocenters. The van der Waals surface area contributed by atoms with E-state index in [1.807, 2.05) is 0 Å². The Kier molecular flexibility index (Phi) is 31.7. The van der Waals surface area contributed by atoms with Crippen LogP contribution in [0.15, 0.2) is 48.6 Å². The quantitative estimate of drug-likeness (QED) is 0.0275.